The van der Waals surface area contributed by atoms with Crippen molar-refractivity contribution in [3.63, 3.8) is 0 Å². The first-order valence-corrected chi connectivity index (χ1v) is 14.3. The van der Waals surface area contributed by atoms with Crippen LogP contribution < -0.4 is 4.90 Å². The molecular formula is C32H32F2N4O2. The van der Waals surface area contributed by atoms with E-state index in [1.54, 1.807) is 11.0 Å². The average molecular weight is 543 g/mol. The van der Waals surface area contributed by atoms with E-state index in [2.05, 4.69) is 17.0 Å². The van der Waals surface area contributed by atoms with Gasteiger partial charge in [0.15, 0.2) is 0 Å². The van der Waals surface area contributed by atoms with Crippen LogP contribution in [0.4, 0.5) is 14.6 Å². The number of halogens is 2. The number of carbonyl (C=O) groups excluding carboxylic acids is 2. The fourth-order valence-corrected chi connectivity index (χ4v) is 6.13. The molecule has 0 radical (unpaired) electrons. The highest BCUT2D eigenvalue weighted by Gasteiger charge is 2.35. The third-order valence-corrected chi connectivity index (χ3v) is 8.58. The van der Waals surface area contributed by atoms with Crippen LogP contribution in [-0.2, 0) is 13.1 Å². The number of pyridine rings is 1. The molecule has 3 aliphatic heterocycles. The number of piperidine rings is 1. The van der Waals surface area contributed by atoms with Gasteiger partial charge < -0.3 is 4.90 Å². The second-order valence-electron chi connectivity index (χ2n) is 11.6. The number of fused-ring (bicyclic) bond motifs is 1. The van der Waals surface area contributed by atoms with Gasteiger partial charge in [0.05, 0.1) is 25.2 Å². The van der Waals surface area contributed by atoms with Gasteiger partial charge in [-0.3, -0.25) is 19.4 Å². The molecule has 0 spiro atoms. The van der Waals surface area contributed by atoms with Crippen LogP contribution in [-0.4, -0.2) is 58.9 Å². The molecule has 40 heavy (non-hydrogen) atoms. The van der Waals surface area contributed by atoms with Gasteiger partial charge in [-0.05, 0) is 91.4 Å². The molecule has 0 atom stereocenters. The lowest BCUT2D eigenvalue weighted by Crippen LogP contribution is -2.51. The standard InChI is InChI=1S/C32H32F2N4O2/c33-24-8-9-26(28(15-24)31(39)37-18-25(34)19-37)23-13-29(21-6-7-21)35-30(14-23)38-17-22-5-4-20(12-27(22)32(38)40)16-36-10-2-1-3-11-36/h4-5,8-9,12-15,21,25H,1-3,6-7,10-11,16-19H2. The van der Waals surface area contributed by atoms with Crippen LogP contribution in [0, 0.1) is 5.82 Å². The number of aromatic nitrogens is 1. The smallest absolute Gasteiger partial charge is 0.260 e. The molecule has 0 unspecified atom stereocenters. The second kappa shape index (κ2) is 10.1. The lowest BCUT2D eigenvalue weighted by molar-refractivity contribution is 0.0400. The Balaban J connectivity index is 1.21. The summed E-state index contributed by atoms with van der Waals surface area (Å²) in [7, 11) is 0. The minimum atomic E-state index is -1.04. The van der Waals surface area contributed by atoms with E-state index in [0.29, 0.717) is 35.0 Å². The van der Waals surface area contributed by atoms with E-state index in [0.717, 1.165) is 49.3 Å². The highest BCUT2D eigenvalue weighted by molar-refractivity contribution is 6.10. The number of amides is 2. The molecule has 1 aromatic heterocycles. The lowest BCUT2D eigenvalue weighted by Gasteiger charge is -2.34. The van der Waals surface area contributed by atoms with E-state index in [1.807, 2.05) is 18.2 Å². The summed E-state index contributed by atoms with van der Waals surface area (Å²) in [6.45, 7) is 3.50. The highest BCUT2D eigenvalue weighted by Crippen LogP contribution is 2.42. The second-order valence-corrected chi connectivity index (χ2v) is 11.6. The van der Waals surface area contributed by atoms with Gasteiger partial charge in [0.1, 0.15) is 17.8 Å². The maximum atomic E-state index is 14.3. The quantitative estimate of drug-likeness (QED) is 0.401. The van der Waals surface area contributed by atoms with Crippen molar-refractivity contribution in [3.05, 3.63) is 82.3 Å². The van der Waals surface area contributed by atoms with Crippen molar-refractivity contribution in [2.24, 2.45) is 0 Å². The number of alkyl halides is 1. The van der Waals surface area contributed by atoms with Crippen molar-refractivity contribution in [2.45, 2.75) is 57.3 Å². The molecule has 3 aromatic rings. The van der Waals surface area contributed by atoms with Gasteiger partial charge in [-0.2, -0.15) is 0 Å². The molecule has 206 valence electrons. The summed E-state index contributed by atoms with van der Waals surface area (Å²) in [5, 5.41) is 0. The number of nitrogens with zero attached hydrogens (tertiary/aromatic N) is 4. The molecule has 2 aromatic carbocycles. The fourth-order valence-electron chi connectivity index (χ4n) is 6.13. The van der Waals surface area contributed by atoms with Crippen molar-refractivity contribution in [2.75, 3.05) is 31.1 Å². The Morgan fingerprint density at radius 2 is 1.75 bits per heavy atom. The Kier molecular flexibility index (Phi) is 6.38. The zero-order chi connectivity index (χ0) is 27.4. The third-order valence-electron chi connectivity index (χ3n) is 8.58. The van der Waals surface area contributed by atoms with Gasteiger partial charge in [0.2, 0.25) is 0 Å². The number of hydrogen-bond acceptors (Lipinski definition) is 4. The first-order valence-electron chi connectivity index (χ1n) is 14.3. The molecule has 2 amide bonds. The van der Waals surface area contributed by atoms with Crippen LogP contribution in [0.3, 0.4) is 0 Å². The minimum absolute atomic E-state index is 0.0178. The predicted octanol–water partition coefficient (Wildman–Crippen LogP) is 5.71. The van der Waals surface area contributed by atoms with Gasteiger partial charge in [-0.25, -0.2) is 13.8 Å². The maximum absolute atomic E-state index is 14.3. The van der Waals surface area contributed by atoms with Crippen LogP contribution in [0.2, 0.25) is 0 Å². The Hall–Kier alpha value is -3.65. The zero-order valence-corrected chi connectivity index (χ0v) is 22.4. The first kappa shape index (κ1) is 25.3. The summed E-state index contributed by atoms with van der Waals surface area (Å²) in [6, 6.07) is 14.1. The molecule has 1 aliphatic carbocycles. The highest BCUT2D eigenvalue weighted by atomic mass is 19.1. The van der Waals surface area contributed by atoms with Crippen molar-refractivity contribution in [3.8, 4) is 11.1 Å². The Bertz CT molecular complexity index is 1490. The van der Waals surface area contributed by atoms with Gasteiger partial charge >= 0.3 is 0 Å². The normalized spacial score (nSPS) is 19.6. The maximum Gasteiger partial charge on any atom is 0.260 e. The molecule has 2 saturated heterocycles. The fraction of sp³-hybridized carbons (Fsp3) is 0.406. The molecule has 3 fully saturated rings. The van der Waals surface area contributed by atoms with Crippen molar-refractivity contribution in [1.29, 1.82) is 0 Å². The van der Waals surface area contributed by atoms with Crippen molar-refractivity contribution in [1.82, 2.24) is 14.8 Å². The zero-order valence-electron chi connectivity index (χ0n) is 22.4. The minimum Gasteiger partial charge on any atom is -0.333 e. The van der Waals surface area contributed by atoms with Crippen molar-refractivity contribution < 1.29 is 18.4 Å². The van der Waals surface area contributed by atoms with Crippen LogP contribution in [0.15, 0.2) is 48.5 Å². The summed E-state index contributed by atoms with van der Waals surface area (Å²) in [5.41, 5.74) is 5.18. The van der Waals surface area contributed by atoms with E-state index in [4.69, 9.17) is 4.98 Å². The molecule has 4 aliphatic rings. The molecule has 4 heterocycles. The van der Waals surface area contributed by atoms with Crippen LogP contribution in [0.1, 0.15) is 75.6 Å². The molecule has 0 bridgehead atoms. The summed E-state index contributed by atoms with van der Waals surface area (Å²) >= 11 is 0. The average Bonchev–Trinajstić information content (AvgIpc) is 3.75. The number of carbonyl (C=O) groups is 2. The topological polar surface area (TPSA) is 56.8 Å². The van der Waals surface area contributed by atoms with E-state index >= 15 is 0 Å². The monoisotopic (exact) mass is 542 g/mol. The van der Waals surface area contributed by atoms with E-state index in [9.17, 15) is 18.4 Å². The molecule has 1 saturated carbocycles. The summed E-state index contributed by atoms with van der Waals surface area (Å²) < 4.78 is 27.8. The number of anilines is 1. The molecule has 0 N–H and O–H groups in total. The summed E-state index contributed by atoms with van der Waals surface area (Å²) in [5.74, 6) is -0.148. The summed E-state index contributed by atoms with van der Waals surface area (Å²) in [4.78, 5) is 37.3. The molecule has 8 heteroatoms. The Morgan fingerprint density at radius 1 is 0.950 bits per heavy atom. The van der Waals surface area contributed by atoms with Crippen LogP contribution in [0.5, 0.6) is 0 Å². The lowest BCUT2D eigenvalue weighted by atomic mass is 9.96. The number of benzene rings is 2. The van der Waals surface area contributed by atoms with Gasteiger partial charge in [-0.15, -0.1) is 0 Å². The SMILES string of the molecule is O=C(c1cc(F)ccc1-c1cc(C2CC2)nc(N2Cc3ccc(CN4CCCCC4)cc3C2=O)c1)N1CC(F)C1. The number of hydrogen-bond donors (Lipinski definition) is 0. The van der Waals surface area contributed by atoms with E-state index in [1.165, 1.54) is 36.3 Å². The predicted molar refractivity (Wildman–Crippen MR) is 148 cm³/mol. The number of rotatable bonds is 6. The third kappa shape index (κ3) is 4.79. The Labute approximate surface area is 232 Å². The first-order chi connectivity index (χ1) is 19.4. The van der Waals surface area contributed by atoms with E-state index < -0.39 is 12.0 Å². The van der Waals surface area contributed by atoms with Crippen LogP contribution in [0.25, 0.3) is 11.1 Å². The molecular weight excluding hydrogens is 510 g/mol. The van der Waals surface area contributed by atoms with Gasteiger partial charge in [0, 0.05) is 23.7 Å². The van der Waals surface area contributed by atoms with Gasteiger partial charge in [-0.1, -0.05) is 24.6 Å². The number of likely N-dealkylation sites (tertiary alicyclic amines) is 2. The van der Waals surface area contributed by atoms with Gasteiger partial charge in [0.25, 0.3) is 11.8 Å². The molecule has 7 rings (SSSR count). The summed E-state index contributed by atoms with van der Waals surface area (Å²) in [6.07, 6.45) is 4.72. The largest absolute Gasteiger partial charge is 0.333 e. The van der Waals surface area contributed by atoms with E-state index in [-0.39, 0.29) is 30.5 Å². The Morgan fingerprint density at radius 3 is 2.50 bits per heavy atom. The molecule has 6 nitrogen and oxygen atoms in total. The van der Waals surface area contributed by atoms with Crippen LogP contribution >= 0.6 is 0 Å². The van der Waals surface area contributed by atoms with Crippen molar-refractivity contribution >= 4 is 17.6 Å².